The normalized spacial score (nSPS) is 17.3. The van der Waals surface area contributed by atoms with Gasteiger partial charge in [0.2, 0.25) is 0 Å². The van der Waals surface area contributed by atoms with E-state index in [1.807, 2.05) is 0 Å². The van der Waals surface area contributed by atoms with Crippen LogP contribution >= 0.6 is 0 Å². The fraction of sp³-hybridized carbons (Fsp3) is 0.375. The summed E-state index contributed by atoms with van der Waals surface area (Å²) in [6, 6.07) is 6.09. The summed E-state index contributed by atoms with van der Waals surface area (Å²) in [4.78, 5) is 23.8. The second-order valence-corrected chi connectivity index (χ2v) is 8.51. The number of anilines is 1. The van der Waals surface area contributed by atoms with Gasteiger partial charge in [0.25, 0.3) is 5.79 Å². The molecule has 0 bridgehead atoms. The van der Waals surface area contributed by atoms with Crippen molar-refractivity contribution in [1.29, 1.82) is 0 Å². The van der Waals surface area contributed by atoms with E-state index in [2.05, 4.69) is 5.32 Å². The van der Waals surface area contributed by atoms with E-state index < -0.39 is 32.8 Å². The molecule has 2 rings (SSSR count). The molecular formula is C16H19NO6S. The lowest BCUT2D eigenvalue weighted by atomic mass is 10.2. The van der Waals surface area contributed by atoms with Crippen molar-refractivity contribution < 1.29 is 27.5 Å². The lowest BCUT2D eigenvalue weighted by Gasteiger charge is -2.29. The fourth-order valence-corrected chi connectivity index (χ4v) is 3.07. The van der Waals surface area contributed by atoms with E-state index in [0.29, 0.717) is 5.69 Å². The molecule has 1 fully saturated rings. The van der Waals surface area contributed by atoms with E-state index >= 15 is 0 Å². The number of esters is 2. The Morgan fingerprint density at radius 1 is 1.12 bits per heavy atom. The first-order chi connectivity index (χ1) is 11.0. The van der Waals surface area contributed by atoms with E-state index in [9.17, 15) is 18.0 Å². The third-order valence-corrected chi connectivity index (χ3v) is 5.44. The Morgan fingerprint density at radius 3 is 2.25 bits per heavy atom. The molecule has 0 aromatic heterocycles. The van der Waals surface area contributed by atoms with Gasteiger partial charge >= 0.3 is 11.9 Å². The van der Waals surface area contributed by atoms with Crippen LogP contribution in [0.1, 0.15) is 27.7 Å². The highest BCUT2D eigenvalue weighted by atomic mass is 32.2. The van der Waals surface area contributed by atoms with E-state index in [1.54, 1.807) is 26.0 Å². The summed E-state index contributed by atoms with van der Waals surface area (Å²) < 4.78 is 34.3. The Bertz CT molecular complexity index is 786. The average Bonchev–Trinajstić information content (AvgIpc) is 2.45. The first-order valence-electron chi connectivity index (χ1n) is 7.30. The maximum Gasteiger partial charge on any atom is 0.350 e. The van der Waals surface area contributed by atoms with Crippen molar-refractivity contribution in [2.75, 3.05) is 5.32 Å². The molecule has 0 amide bonds. The second-order valence-electron chi connectivity index (χ2n) is 6.00. The van der Waals surface area contributed by atoms with Gasteiger partial charge in [0.05, 0.1) is 10.1 Å². The number of nitrogens with one attached hydrogen (secondary N) is 1. The zero-order valence-electron chi connectivity index (χ0n) is 13.8. The molecular weight excluding hydrogens is 334 g/mol. The largest absolute Gasteiger partial charge is 0.419 e. The van der Waals surface area contributed by atoms with Gasteiger partial charge in [0, 0.05) is 25.7 Å². The summed E-state index contributed by atoms with van der Waals surface area (Å²) in [6.45, 7) is 6.08. The number of benzene rings is 1. The molecule has 0 atom stereocenters. The van der Waals surface area contributed by atoms with Gasteiger partial charge in [-0.3, -0.25) is 0 Å². The molecule has 0 unspecified atom stereocenters. The number of ether oxygens (including phenoxy) is 2. The van der Waals surface area contributed by atoms with Gasteiger partial charge in [0.15, 0.2) is 15.4 Å². The van der Waals surface area contributed by atoms with Gasteiger partial charge in [0.1, 0.15) is 0 Å². The van der Waals surface area contributed by atoms with Crippen molar-refractivity contribution in [2.45, 2.75) is 43.6 Å². The predicted molar refractivity (Wildman–Crippen MR) is 86.7 cm³/mol. The number of carbonyl (C=O) groups is 2. The van der Waals surface area contributed by atoms with Crippen LogP contribution < -0.4 is 5.32 Å². The van der Waals surface area contributed by atoms with Crippen molar-refractivity contribution in [2.24, 2.45) is 0 Å². The van der Waals surface area contributed by atoms with Crippen molar-refractivity contribution in [1.82, 2.24) is 0 Å². The summed E-state index contributed by atoms with van der Waals surface area (Å²) in [5.41, 5.74) is 0.112. The highest BCUT2D eigenvalue weighted by Gasteiger charge is 2.38. The molecule has 7 nitrogen and oxygen atoms in total. The maximum absolute atomic E-state index is 12.2. The molecule has 130 valence electrons. The number of hydrogen-bond acceptors (Lipinski definition) is 7. The van der Waals surface area contributed by atoms with E-state index in [0.717, 1.165) is 6.20 Å². The van der Waals surface area contributed by atoms with Gasteiger partial charge in [-0.2, -0.15) is 0 Å². The van der Waals surface area contributed by atoms with E-state index in [1.165, 1.54) is 26.0 Å². The predicted octanol–water partition coefficient (Wildman–Crippen LogP) is 2.00. The second kappa shape index (κ2) is 6.27. The lowest BCUT2D eigenvalue weighted by molar-refractivity contribution is -0.222. The minimum absolute atomic E-state index is 0.149. The molecule has 1 aliphatic heterocycles. The Hall–Kier alpha value is -2.35. The standard InChI is InChI=1S/C16H19NO6S/c1-10(2)24(20,21)12-7-5-6-11(8-12)17-9-13-14(18)22-16(3,4)23-15(13)19/h5-10,17H,1-4H3. The molecule has 1 aromatic carbocycles. The SMILES string of the molecule is CC(C)S(=O)(=O)c1cccc(NC=C2C(=O)OC(C)(C)OC2=O)c1. The van der Waals surface area contributed by atoms with Crippen molar-refractivity contribution in [3.8, 4) is 0 Å². The van der Waals surface area contributed by atoms with Crippen LogP contribution in [0.2, 0.25) is 0 Å². The van der Waals surface area contributed by atoms with Crippen LogP contribution in [0.4, 0.5) is 5.69 Å². The quantitative estimate of drug-likeness (QED) is 0.502. The van der Waals surface area contributed by atoms with E-state index in [4.69, 9.17) is 9.47 Å². The van der Waals surface area contributed by atoms with Crippen LogP contribution in [-0.2, 0) is 28.9 Å². The zero-order valence-corrected chi connectivity index (χ0v) is 14.6. The topological polar surface area (TPSA) is 98.8 Å². The molecule has 1 aliphatic rings. The molecule has 1 aromatic rings. The summed E-state index contributed by atoms with van der Waals surface area (Å²) in [6.07, 6.45) is 1.14. The van der Waals surface area contributed by atoms with Crippen LogP contribution in [0.3, 0.4) is 0 Å². The molecule has 0 aliphatic carbocycles. The van der Waals surface area contributed by atoms with Crippen molar-refractivity contribution >= 4 is 27.5 Å². The molecule has 1 saturated heterocycles. The minimum Gasteiger partial charge on any atom is -0.419 e. The van der Waals surface area contributed by atoms with Gasteiger partial charge in [-0.25, -0.2) is 18.0 Å². The van der Waals surface area contributed by atoms with Gasteiger partial charge in [-0.1, -0.05) is 6.07 Å². The number of sulfone groups is 1. The van der Waals surface area contributed by atoms with Crippen molar-refractivity contribution in [3.05, 3.63) is 36.0 Å². The zero-order chi connectivity index (χ0) is 18.1. The molecule has 0 spiro atoms. The van der Waals surface area contributed by atoms with Crippen LogP contribution in [0.15, 0.2) is 40.9 Å². The number of rotatable bonds is 4. The number of carbonyl (C=O) groups excluding carboxylic acids is 2. The summed E-state index contributed by atoms with van der Waals surface area (Å²) in [5, 5.41) is 2.17. The molecule has 0 saturated carbocycles. The summed E-state index contributed by atoms with van der Waals surface area (Å²) in [7, 11) is -3.42. The van der Waals surface area contributed by atoms with Gasteiger partial charge in [-0.05, 0) is 32.0 Å². The summed E-state index contributed by atoms with van der Waals surface area (Å²) >= 11 is 0. The molecule has 24 heavy (non-hydrogen) atoms. The number of hydrogen-bond donors (Lipinski definition) is 1. The Morgan fingerprint density at radius 2 is 1.71 bits per heavy atom. The third-order valence-electron chi connectivity index (χ3n) is 3.28. The number of cyclic esters (lactones) is 2. The van der Waals surface area contributed by atoms with Gasteiger partial charge in [-0.15, -0.1) is 0 Å². The smallest absolute Gasteiger partial charge is 0.350 e. The Labute approximate surface area is 140 Å². The highest BCUT2D eigenvalue weighted by Crippen LogP contribution is 2.23. The minimum atomic E-state index is -3.42. The van der Waals surface area contributed by atoms with Crippen molar-refractivity contribution in [3.63, 3.8) is 0 Å². The lowest BCUT2D eigenvalue weighted by Crippen LogP contribution is -2.42. The third kappa shape index (κ3) is 3.76. The summed E-state index contributed by atoms with van der Waals surface area (Å²) in [5.74, 6) is -2.93. The Balaban J connectivity index is 2.24. The Kier molecular flexibility index (Phi) is 4.70. The van der Waals surface area contributed by atoms with Crippen LogP contribution in [-0.4, -0.2) is 31.4 Å². The first-order valence-corrected chi connectivity index (χ1v) is 8.85. The van der Waals surface area contributed by atoms with Crippen LogP contribution in [0.5, 0.6) is 0 Å². The van der Waals surface area contributed by atoms with Crippen LogP contribution in [0, 0.1) is 0 Å². The van der Waals surface area contributed by atoms with Crippen LogP contribution in [0.25, 0.3) is 0 Å². The average molecular weight is 353 g/mol. The fourth-order valence-electron chi connectivity index (χ4n) is 1.97. The van der Waals surface area contributed by atoms with Gasteiger partial charge < -0.3 is 14.8 Å². The molecule has 1 heterocycles. The monoisotopic (exact) mass is 353 g/mol. The molecule has 0 radical (unpaired) electrons. The first kappa shape index (κ1) is 18.0. The maximum atomic E-state index is 12.2. The van der Waals surface area contributed by atoms with E-state index in [-0.39, 0.29) is 10.5 Å². The molecule has 1 N–H and O–H groups in total. The highest BCUT2D eigenvalue weighted by molar-refractivity contribution is 7.92. The molecule has 8 heteroatoms.